The summed E-state index contributed by atoms with van der Waals surface area (Å²) in [5, 5.41) is 6.07. The van der Waals surface area contributed by atoms with Crippen LogP contribution in [0.25, 0.3) is 10.3 Å². The van der Waals surface area contributed by atoms with E-state index in [-0.39, 0.29) is 36.4 Å². The molecule has 0 radical (unpaired) electrons. The maximum atomic E-state index is 12.8. The van der Waals surface area contributed by atoms with E-state index in [1.54, 1.807) is 19.2 Å². The number of carbonyl (C=O) groups excluding carboxylic acids is 2. The molecule has 0 aliphatic carbocycles. The first-order valence-corrected chi connectivity index (χ1v) is 10.5. The van der Waals surface area contributed by atoms with Gasteiger partial charge in [-0.1, -0.05) is 11.3 Å². The Morgan fingerprint density at radius 3 is 3.03 bits per heavy atom. The van der Waals surface area contributed by atoms with E-state index in [9.17, 15) is 14.4 Å². The molecule has 1 saturated heterocycles. The van der Waals surface area contributed by atoms with E-state index in [1.807, 2.05) is 4.90 Å². The van der Waals surface area contributed by atoms with Crippen LogP contribution in [-0.2, 0) is 22.7 Å². The Hall–Kier alpha value is -3.21. The average Bonchev–Trinajstić information content (AvgIpc) is 3.44. The van der Waals surface area contributed by atoms with Gasteiger partial charge in [0.25, 0.3) is 5.56 Å². The van der Waals surface area contributed by atoms with E-state index in [0.717, 1.165) is 19.4 Å². The lowest BCUT2D eigenvalue weighted by Gasteiger charge is -2.31. The number of rotatable bonds is 6. The molecule has 2 N–H and O–H groups in total. The van der Waals surface area contributed by atoms with E-state index in [4.69, 9.17) is 4.42 Å². The molecule has 0 unspecified atom stereocenters. The number of hydrogen-bond acceptors (Lipinski definition) is 8. The number of piperidine rings is 1. The van der Waals surface area contributed by atoms with Crippen LogP contribution in [0.1, 0.15) is 18.6 Å². The first-order valence-electron chi connectivity index (χ1n) is 9.66. The minimum atomic E-state index is -0.316. The topological polar surface area (TPSA) is 122 Å². The molecule has 2 amide bonds. The number of anilines is 1. The minimum absolute atomic E-state index is 0.0156. The Morgan fingerprint density at radius 1 is 1.40 bits per heavy atom. The molecule has 11 heteroatoms. The Kier molecular flexibility index (Phi) is 5.79. The van der Waals surface area contributed by atoms with E-state index < -0.39 is 0 Å². The average molecular weight is 430 g/mol. The van der Waals surface area contributed by atoms with Crippen molar-refractivity contribution in [3.63, 3.8) is 0 Å². The summed E-state index contributed by atoms with van der Waals surface area (Å²) in [6, 6.07) is 3.50. The minimum Gasteiger partial charge on any atom is -0.467 e. The Balaban J connectivity index is 1.48. The van der Waals surface area contributed by atoms with Crippen LogP contribution in [0.5, 0.6) is 0 Å². The van der Waals surface area contributed by atoms with E-state index in [2.05, 4.69) is 20.6 Å². The third kappa shape index (κ3) is 4.20. The summed E-state index contributed by atoms with van der Waals surface area (Å²) in [7, 11) is 1.64. The van der Waals surface area contributed by atoms with Crippen LogP contribution >= 0.6 is 11.3 Å². The third-order valence-corrected chi connectivity index (χ3v) is 6.13. The summed E-state index contributed by atoms with van der Waals surface area (Å²) in [5.74, 6) is 0.233. The normalized spacial score (nSPS) is 16.6. The zero-order chi connectivity index (χ0) is 21.1. The van der Waals surface area contributed by atoms with Crippen LogP contribution in [0.4, 0.5) is 5.13 Å². The van der Waals surface area contributed by atoms with Gasteiger partial charge < -0.3 is 20.0 Å². The smallest absolute Gasteiger partial charge is 0.273 e. The van der Waals surface area contributed by atoms with Gasteiger partial charge in [-0.3, -0.25) is 19.0 Å². The highest BCUT2D eigenvalue weighted by Gasteiger charge is 2.27. The molecule has 1 aliphatic heterocycles. The lowest BCUT2D eigenvalue weighted by molar-refractivity contribution is -0.124. The van der Waals surface area contributed by atoms with Gasteiger partial charge >= 0.3 is 0 Å². The van der Waals surface area contributed by atoms with Crippen molar-refractivity contribution >= 4 is 38.6 Å². The highest BCUT2D eigenvalue weighted by Crippen LogP contribution is 2.29. The molecule has 0 bridgehead atoms. The van der Waals surface area contributed by atoms with Crippen molar-refractivity contribution in [2.45, 2.75) is 25.9 Å². The van der Waals surface area contributed by atoms with Crippen LogP contribution < -0.4 is 21.1 Å². The van der Waals surface area contributed by atoms with Crippen LogP contribution in [0.3, 0.4) is 0 Å². The monoisotopic (exact) mass is 430 g/mol. The van der Waals surface area contributed by atoms with Gasteiger partial charge in [0.05, 0.1) is 18.7 Å². The van der Waals surface area contributed by atoms with Crippen LogP contribution in [0.15, 0.2) is 33.9 Å². The third-order valence-electron chi connectivity index (χ3n) is 5.04. The molecular weight excluding hydrogens is 408 g/mol. The number of carbonyl (C=O) groups is 2. The quantitative estimate of drug-likeness (QED) is 0.591. The number of hydrogen-bond donors (Lipinski definition) is 2. The number of fused-ring (bicyclic) bond motifs is 1. The number of aromatic nitrogens is 3. The molecule has 1 fully saturated rings. The van der Waals surface area contributed by atoms with Gasteiger partial charge in [-0.15, -0.1) is 0 Å². The van der Waals surface area contributed by atoms with Crippen LogP contribution in [0.2, 0.25) is 0 Å². The summed E-state index contributed by atoms with van der Waals surface area (Å²) in [6.07, 6.45) is 4.58. The molecule has 0 aromatic carbocycles. The number of nitrogens with zero attached hydrogens (tertiary/aromatic N) is 4. The molecule has 3 aromatic heterocycles. The summed E-state index contributed by atoms with van der Waals surface area (Å²) < 4.78 is 6.84. The Morgan fingerprint density at radius 2 is 2.27 bits per heavy atom. The molecule has 0 saturated carbocycles. The molecule has 1 aliphatic rings. The van der Waals surface area contributed by atoms with Crippen molar-refractivity contribution < 1.29 is 14.0 Å². The van der Waals surface area contributed by atoms with Gasteiger partial charge in [0.15, 0.2) is 10.8 Å². The van der Waals surface area contributed by atoms with Gasteiger partial charge in [0.2, 0.25) is 11.8 Å². The zero-order valence-electron chi connectivity index (χ0n) is 16.5. The van der Waals surface area contributed by atoms with Crippen molar-refractivity contribution in [1.82, 2.24) is 25.2 Å². The number of nitrogens with one attached hydrogen (secondary N) is 2. The first kappa shape index (κ1) is 20.1. The number of thiazole rings is 1. The summed E-state index contributed by atoms with van der Waals surface area (Å²) in [4.78, 5) is 47.7. The molecule has 158 valence electrons. The standard InChI is InChI=1S/C19H22N6O4S/c1-20-17(27)12-4-2-6-24(9-12)19-23-16-15(30-19)18(28)25(11-22-16)10-14(26)21-8-13-5-3-7-29-13/h3,5,7,11-12H,2,4,6,8-10H2,1H3,(H,20,27)(H,21,26)/t12-/m1/s1. The molecule has 30 heavy (non-hydrogen) atoms. The van der Waals surface area contributed by atoms with Gasteiger partial charge in [-0.2, -0.15) is 4.98 Å². The maximum Gasteiger partial charge on any atom is 0.273 e. The molecular formula is C19H22N6O4S. The molecule has 4 heterocycles. The van der Waals surface area contributed by atoms with E-state index >= 15 is 0 Å². The van der Waals surface area contributed by atoms with E-state index in [0.29, 0.717) is 27.8 Å². The highest BCUT2D eigenvalue weighted by molar-refractivity contribution is 7.22. The van der Waals surface area contributed by atoms with Crippen molar-refractivity contribution in [2.75, 3.05) is 25.0 Å². The SMILES string of the molecule is CNC(=O)[C@@H]1CCCN(c2nc3ncn(CC(=O)NCc4ccco4)c(=O)c3s2)C1. The van der Waals surface area contributed by atoms with Gasteiger partial charge in [-0.25, -0.2) is 4.98 Å². The van der Waals surface area contributed by atoms with Gasteiger partial charge in [0, 0.05) is 20.1 Å². The second-order valence-corrected chi connectivity index (χ2v) is 8.06. The van der Waals surface area contributed by atoms with Gasteiger partial charge in [-0.05, 0) is 25.0 Å². The molecule has 4 rings (SSSR count). The molecule has 0 spiro atoms. The fourth-order valence-electron chi connectivity index (χ4n) is 3.46. The molecule has 10 nitrogen and oxygen atoms in total. The van der Waals surface area contributed by atoms with E-state index in [1.165, 1.54) is 28.5 Å². The largest absolute Gasteiger partial charge is 0.467 e. The fraction of sp³-hybridized carbons (Fsp3) is 0.421. The second-order valence-electron chi connectivity index (χ2n) is 7.08. The number of amides is 2. The van der Waals surface area contributed by atoms with Crippen molar-refractivity contribution in [3.8, 4) is 0 Å². The maximum absolute atomic E-state index is 12.8. The molecule has 1 atom stereocenters. The van der Waals surface area contributed by atoms with Crippen molar-refractivity contribution in [1.29, 1.82) is 0 Å². The Labute approximate surface area is 175 Å². The highest BCUT2D eigenvalue weighted by atomic mass is 32.1. The lowest BCUT2D eigenvalue weighted by atomic mass is 9.98. The van der Waals surface area contributed by atoms with Crippen molar-refractivity contribution in [3.05, 3.63) is 40.8 Å². The first-order chi connectivity index (χ1) is 14.5. The second kappa shape index (κ2) is 8.66. The van der Waals surface area contributed by atoms with Crippen molar-refractivity contribution in [2.24, 2.45) is 5.92 Å². The predicted octanol–water partition coefficient (Wildman–Crippen LogP) is 0.725. The lowest BCUT2D eigenvalue weighted by Crippen LogP contribution is -2.42. The summed E-state index contributed by atoms with van der Waals surface area (Å²) in [5.41, 5.74) is 0.0473. The number of furan rings is 1. The summed E-state index contributed by atoms with van der Waals surface area (Å²) >= 11 is 1.24. The zero-order valence-corrected chi connectivity index (χ0v) is 17.3. The molecule has 3 aromatic rings. The fourth-order valence-corrected chi connectivity index (χ4v) is 4.47. The van der Waals surface area contributed by atoms with Crippen LogP contribution in [-0.4, -0.2) is 46.5 Å². The predicted molar refractivity (Wildman–Crippen MR) is 111 cm³/mol. The van der Waals surface area contributed by atoms with Crippen LogP contribution in [0, 0.1) is 5.92 Å². The van der Waals surface area contributed by atoms with Gasteiger partial charge in [0.1, 0.15) is 23.3 Å². The summed E-state index contributed by atoms with van der Waals surface area (Å²) in [6.45, 7) is 1.44. The Bertz CT molecular complexity index is 1110.